The van der Waals surface area contributed by atoms with Crippen molar-refractivity contribution >= 4 is 11.9 Å². The molecule has 0 saturated heterocycles. The minimum atomic E-state index is -1.43. The van der Waals surface area contributed by atoms with Crippen LogP contribution in [-0.4, -0.2) is 23.5 Å². The van der Waals surface area contributed by atoms with Gasteiger partial charge in [-0.05, 0) is 24.9 Å². The number of benzene rings is 1. The molecule has 0 saturated carbocycles. The van der Waals surface area contributed by atoms with E-state index in [0.29, 0.717) is 12.1 Å². The Morgan fingerprint density at radius 1 is 1.35 bits per heavy atom. The van der Waals surface area contributed by atoms with Crippen molar-refractivity contribution in [2.75, 3.05) is 6.54 Å². The minimum absolute atomic E-state index is 0.0730. The number of hydrogen-bond acceptors (Lipinski definition) is 3. The van der Waals surface area contributed by atoms with Gasteiger partial charge in [0.15, 0.2) is 5.54 Å². The van der Waals surface area contributed by atoms with E-state index in [1.54, 1.807) is 30.3 Å². The second-order valence-electron chi connectivity index (χ2n) is 5.06. The maximum absolute atomic E-state index is 12.0. The Hall–Kier alpha value is -1.88. The first kappa shape index (κ1) is 16.2. The third-order valence-corrected chi connectivity index (χ3v) is 3.55. The summed E-state index contributed by atoms with van der Waals surface area (Å²) in [5.41, 5.74) is 4.69. The molecular formula is C15H22N2O3. The lowest BCUT2D eigenvalue weighted by Crippen LogP contribution is -2.50. The average molecular weight is 278 g/mol. The molecule has 1 rings (SSSR count). The number of nitrogens with one attached hydrogen (secondary N) is 1. The summed E-state index contributed by atoms with van der Waals surface area (Å²) in [5, 5.41) is 12.1. The molecule has 20 heavy (non-hydrogen) atoms. The summed E-state index contributed by atoms with van der Waals surface area (Å²) in [6, 6.07) is 8.67. The topological polar surface area (TPSA) is 92.4 Å². The average Bonchev–Trinajstić information content (AvgIpc) is 2.45. The second kappa shape index (κ2) is 7.05. The van der Waals surface area contributed by atoms with E-state index in [1.165, 1.54) is 6.92 Å². The quantitative estimate of drug-likeness (QED) is 0.704. The van der Waals surface area contributed by atoms with Crippen molar-refractivity contribution in [3.8, 4) is 0 Å². The first-order chi connectivity index (χ1) is 9.43. The predicted molar refractivity (Wildman–Crippen MR) is 77.0 cm³/mol. The summed E-state index contributed by atoms with van der Waals surface area (Å²) < 4.78 is 0. The third kappa shape index (κ3) is 3.81. The zero-order valence-electron chi connectivity index (χ0n) is 11.9. The van der Waals surface area contributed by atoms with Gasteiger partial charge in [0.2, 0.25) is 5.91 Å². The molecule has 0 fully saturated rings. The predicted octanol–water partition coefficient (Wildman–Crippen LogP) is 1.48. The van der Waals surface area contributed by atoms with Crippen molar-refractivity contribution in [2.45, 2.75) is 32.2 Å². The molecule has 5 heteroatoms. The van der Waals surface area contributed by atoms with Gasteiger partial charge in [0.05, 0.1) is 0 Å². The van der Waals surface area contributed by atoms with Crippen LogP contribution < -0.4 is 11.1 Å². The van der Waals surface area contributed by atoms with Crippen molar-refractivity contribution in [2.24, 2.45) is 11.7 Å². The van der Waals surface area contributed by atoms with Crippen LogP contribution in [-0.2, 0) is 15.1 Å². The van der Waals surface area contributed by atoms with Crippen LogP contribution in [0.25, 0.3) is 0 Å². The van der Waals surface area contributed by atoms with E-state index in [4.69, 9.17) is 5.73 Å². The van der Waals surface area contributed by atoms with E-state index in [2.05, 4.69) is 5.32 Å². The number of amides is 1. The first-order valence-electron chi connectivity index (χ1n) is 6.74. The van der Waals surface area contributed by atoms with Gasteiger partial charge in [0.1, 0.15) is 0 Å². The fourth-order valence-corrected chi connectivity index (χ4v) is 2.01. The number of carboxylic acids is 1. The maximum Gasteiger partial charge on any atom is 0.333 e. The molecule has 0 aromatic heterocycles. The van der Waals surface area contributed by atoms with Crippen LogP contribution in [0.1, 0.15) is 32.3 Å². The van der Waals surface area contributed by atoms with E-state index >= 15 is 0 Å². The number of rotatable bonds is 7. The molecule has 0 spiro atoms. The Morgan fingerprint density at radius 3 is 2.40 bits per heavy atom. The number of carbonyl (C=O) groups excluding carboxylic acids is 1. The number of hydrogen-bond donors (Lipinski definition) is 3. The van der Waals surface area contributed by atoms with Crippen molar-refractivity contribution < 1.29 is 14.7 Å². The summed E-state index contributed by atoms with van der Waals surface area (Å²) in [6.07, 6.45) is 1.03. The SMILES string of the molecule is CCC(CN)CC(=O)NC(C)(C(=O)O)c1ccccc1. The van der Waals surface area contributed by atoms with Crippen LogP contribution in [0.5, 0.6) is 0 Å². The highest BCUT2D eigenvalue weighted by molar-refractivity contribution is 5.87. The zero-order valence-corrected chi connectivity index (χ0v) is 11.9. The molecule has 0 aliphatic rings. The van der Waals surface area contributed by atoms with Crippen LogP contribution in [0.2, 0.25) is 0 Å². The standard InChI is InChI=1S/C15H22N2O3/c1-3-11(10-16)9-13(18)17-15(2,14(19)20)12-7-5-4-6-8-12/h4-8,11H,3,9-10,16H2,1-2H3,(H,17,18)(H,19,20). The van der Waals surface area contributed by atoms with E-state index in [1.807, 2.05) is 6.92 Å². The summed E-state index contributed by atoms with van der Waals surface area (Å²) in [5.74, 6) is -1.31. The molecule has 110 valence electrons. The van der Waals surface area contributed by atoms with Gasteiger partial charge in [-0.1, -0.05) is 43.7 Å². The lowest BCUT2D eigenvalue weighted by atomic mass is 9.91. The lowest BCUT2D eigenvalue weighted by Gasteiger charge is -2.27. The summed E-state index contributed by atoms with van der Waals surface area (Å²) in [7, 11) is 0. The molecule has 0 bridgehead atoms. The fraction of sp³-hybridized carbons (Fsp3) is 0.467. The van der Waals surface area contributed by atoms with Gasteiger partial charge >= 0.3 is 5.97 Å². The molecule has 2 unspecified atom stereocenters. The van der Waals surface area contributed by atoms with E-state index < -0.39 is 11.5 Å². The Balaban J connectivity index is 2.88. The Morgan fingerprint density at radius 2 is 1.95 bits per heavy atom. The summed E-state index contributed by atoms with van der Waals surface area (Å²) in [6.45, 7) is 3.86. The van der Waals surface area contributed by atoms with Gasteiger partial charge in [-0.3, -0.25) is 4.79 Å². The highest BCUT2D eigenvalue weighted by Gasteiger charge is 2.36. The van der Waals surface area contributed by atoms with E-state index in [9.17, 15) is 14.7 Å². The minimum Gasteiger partial charge on any atom is -0.479 e. The smallest absolute Gasteiger partial charge is 0.333 e. The van der Waals surface area contributed by atoms with Gasteiger partial charge in [0.25, 0.3) is 0 Å². The van der Waals surface area contributed by atoms with Crippen molar-refractivity contribution in [1.29, 1.82) is 0 Å². The molecule has 1 aromatic carbocycles. The Kier molecular flexibility index (Phi) is 5.70. The van der Waals surface area contributed by atoms with Crippen LogP contribution in [0.3, 0.4) is 0 Å². The van der Waals surface area contributed by atoms with E-state index in [0.717, 1.165) is 6.42 Å². The fourth-order valence-electron chi connectivity index (χ4n) is 2.01. The number of nitrogens with two attached hydrogens (primary N) is 1. The molecule has 2 atom stereocenters. The Labute approximate surface area is 119 Å². The molecule has 4 N–H and O–H groups in total. The monoisotopic (exact) mass is 278 g/mol. The second-order valence-corrected chi connectivity index (χ2v) is 5.06. The van der Waals surface area contributed by atoms with Crippen molar-refractivity contribution in [3.63, 3.8) is 0 Å². The van der Waals surface area contributed by atoms with Gasteiger partial charge < -0.3 is 16.2 Å². The molecule has 0 heterocycles. The van der Waals surface area contributed by atoms with Crippen LogP contribution in [0.15, 0.2) is 30.3 Å². The molecule has 1 amide bonds. The number of carbonyl (C=O) groups is 2. The highest BCUT2D eigenvalue weighted by Crippen LogP contribution is 2.21. The molecule has 0 aliphatic carbocycles. The largest absolute Gasteiger partial charge is 0.479 e. The van der Waals surface area contributed by atoms with Gasteiger partial charge in [-0.2, -0.15) is 0 Å². The zero-order chi connectivity index (χ0) is 15.2. The summed E-state index contributed by atoms with van der Waals surface area (Å²) >= 11 is 0. The van der Waals surface area contributed by atoms with Crippen LogP contribution >= 0.6 is 0 Å². The van der Waals surface area contributed by atoms with Crippen LogP contribution in [0, 0.1) is 5.92 Å². The molecule has 1 aromatic rings. The number of aliphatic carboxylic acids is 1. The van der Waals surface area contributed by atoms with Gasteiger partial charge in [-0.25, -0.2) is 4.79 Å². The molecule has 0 aliphatic heterocycles. The highest BCUT2D eigenvalue weighted by atomic mass is 16.4. The maximum atomic E-state index is 12.0. The summed E-state index contributed by atoms with van der Waals surface area (Å²) in [4.78, 5) is 23.6. The normalized spacial score (nSPS) is 15.2. The van der Waals surface area contributed by atoms with Crippen molar-refractivity contribution in [1.82, 2.24) is 5.32 Å². The molecule has 5 nitrogen and oxygen atoms in total. The van der Waals surface area contributed by atoms with Crippen molar-refractivity contribution in [3.05, 3.63) is 35.9 Å². The Bertz CT molecular complexity index is 457. The molecular weight excluding hydrogens is 256 g/mol. The third-order valence-electron chi connectivity index (χ3n) is 3.55. The van der Waals surface area contributed by atoms with E-state index in [-0.39, 0.29) is 18.2 Å². The van der Waals surface area contributed by atoms with Gasteiger partial charge in [0, 0.05) is 6.42 Å². The first-order valence-corrected chi connectivity index (χ1v) is 6.74. The number of carboxylic acid groups (broad SMARTS) is 1. The van der Waals surface area contributed by atoms with Gasteiger partial charge in [-0.15, -0.1) is 0 Å². The lowest BCUT2D eigenvalue weighted by molar-refractivity contribution is -0.147. The molecule has 0 radical (unpaired) electrons. The van der Waals surface area contributed by atoms with Crippen LogP contribution in [0.4, 0.5) is 0 Å².